The molecule has 0 amide bonds. The number of hydrogen-bond donors (Lipinski definition) is 1. The third-order valence-corrected chi connectivity index (χ3v) is 3.65. The van der Waals surface area contributed by atoms with Gasteiger partial charge in [-0.3, -0.25) is 4.84 Å². The van der Waals surface area contributed by atoms with Crippen molar-refractivity contribution in [3.63, 3.8) is 0 Å². The Kier molecular flexibility index (Phi) is 6.32. The minimum atomic E-state index is 0.514. The zero-order chi connectivity index (χ0) is 12.0. The normalized spacial score (nSPS) is 30.9. The maximum Gasteiger partial charge on any atom is 0.0915 e. The molecule has 3 unspecified atom stereocenters. The van der Waals surface area contributed by atoms with Gasteiger partial charge < -0.3 is 4.74 Å². The van der Waals surface area contributed by atoms with Gasteiger partial charge in [-0.15, -0.1) is 0 Å². The van der Waals surface area contributed by atoms with Gasteiger partial charge in [0.2, 0.25) is 0 Å². The second kappa shape index (κ2) is 7.25. The quantitative estimate of drug-likeness (QED) is 0.561. The van der Waals surface area contributed by atoms with Crippen LogP contribution in [0.4, 0.5) is 0 Å². The molecule has 96 valence electrons. The first-order valence-corrected chi connectivity index (χ1v) is 6.51. The first kappa shape index (κ1) is 13.9. The van der Waals surface area contributed by atoms with Gasteiger partial charge in [-0.1, -0.05) is 27.2 Å². The lowest BCUT2D eigenvalue weighted by Crippen LogP contribution is -2.43. The Morgan fingerprint density at radius 3 is 2.62 bits per heavy atom. The molecule has 0 spiro atoms. The Morgan fingerprint density at radius 2 is 2.00 bits per heavy atom. The van der Waals surface area contributed by atoms with Crippen LogP contribution in [0.1, 0.15) is 40.0 Å². The third-order valence-electron chi connectivity index (χ3n) is 3.65. The third kappa shape index (κ3) is 4.40. The van der Waals surface area contributed by atoms with Gasteiger partial charge in [-0.25, -0.2) is 0 Å². The van der Waals surface area contributed by atoms with Gasteiger partial charge in [-0.05, 0) is 30.6 Å². The van der Waals surface area contributed by atoms with Crippen molar-refractivity contribution in [3.8, 4) is 0 Å². The molecule has 1 saturated carbocycles. The van der Waals surface area contributed by atoms with Crippen LogP contribution in [-0.4, -0.2) is 26.4 Å². The fourth-order valence-electron chi connectivity index (χ4n) is 2.63. The van der Waals surface area contributed by atoms with Crippen LogP contribution < -0.4 is 5.48 Å². The Morgan fingerprint density at radius 1 is 1.25 bits per heavy atom. The number of methoxy groups -OCH3 is 1. The highest BCUT2D eigenvalue weighted by molar-refractivity contribution is 4.83. The van der Waals surface area contributed by atoms with E-state index in [1.165, 1.54) is 19.3 Å². The lowest BCUT2D eigenvalue weighted by Gasteiger charge is -2.37. The SMILES string of the molecule is COCCONC1CC(C)CCC1C(C)C. The molecule has 0 bridgehead atoms. The number of nitrogens with one attached hydrogen (secondary N) is 1. The van der Waals surface area contributed by atoms with E-state index >= 15 is 0 Å². The summed E-state index contributed by atoms with van der Waals surface area (Å²) in [5.74, 6) is 2.30. The topological polar surface area (TPSA) is 30.5 Å². The largest absolute Gasteiger partial charge is 0.382 e. The molecule has 1 aliphatic rings. The molecule has 0 aromatic carbocycles. The molecule has 1 aliphatic carbocycles. The standard InChI is InChI=1S/C13H27NO2/c1-10(2)12-6-5-11(3)9-13(12)14-16-8-7-15-4/h10-14H,5-9H2,1-4H3. The van der Waals surface area contributed by atoms with Gasteiger partial charge in [0.05, 0.1) is 13.2 Å². The number of rotatable bonds is 6. The van der Waals surface area contributed by atoms with Crippen LogP contribution in [0.2, 0.25) is 0 Å². The molecule has 3 nitrogen and oxygen atoms in total. The van der Waals surface area contributed by atoms with E-state index < -0.39 is 0 Å². The lowest BCUT2D eigenvalue weighted by atomic mass is 9.74. The summed E-state index contributed by atoms with van der Waals surface area (Å²) < 4.78 is 4.96. The van der Waals surface area contributed by atoms with Gasteiger partial charge >= 0.3 is 0 Å². The predicted octanol–water partition coefficient (Wildman–Crippen LogP) is 2.61. The molecule has 16 heavy (non-hydrogen) atoms. The fraction of sp³-hybridized carbons (Fsp3) is 1.00. The van der Waals surface area contributed by atoms with Crippen LogP contribution in [0, 0.1) is 17.8 Å². The van der Waals surface area contributed by atoms with E-state index in [9.17, 15) is 0 Å². The van der Waals surface area contributed by atoms with Crippen molar-refractivity contribution in [1.29, 1.82) is 0 Å². The average molecular weight is 229 g/mol. The number of ether oxygens (including phenoxy) is 1. The highest BCUT2D eigenvalue weighted by Crippen LogP contribution is 2.33. The van der Waals surface area contributed by atoms with E-state index in [0.717, 1.165) is 17.8 Å². The molecule has 0 aromatic heterocycles. The van der Waals surface area contributed by atoms with Crippen molar-refractivity contribution in [1.82, 2.24) is 5.48 Å². The number of hydrogen-bond acceptors (Lipinski definition) is 3. The van der Waals surface area contributed by atoms with Crippen LogP contribution in [0.15, 0.2) is 0 Å². The molecule has 0 saturated heterocycles. The summed E-state index contributed by atoms with van der Waals surface area (Å²) in [6, 6.07) is 0.514. The van der Waals surface area contributed by atoms with Crippen molar-refractivity contribution < 1.29 is 9.57 Å². The van der Waals surface area contributed by atoms with Crippen molar-refractivity contribution >= 4 is 0 Å². The van der Waals surface area contributed by atoms with E-state index in [2.05, 4.69) is 26.3 Å². The van der Waals surface area contributed by atoms with E-state index in [0.29, 0.717) is 19.3 Å². The van der Waals surface area contributed by atoms with Crippen LogP contribution in [0.5, 0.6) is 0 Å². The first-order valence-electron chi connectivity index (χ1n) is 6.51. The van der Waals surface area contributed by atoms with E-state index in [-0.39, 0.29) is 0 Å². The van der Waals surface area contributed by atoms with Crippen molar-refractivity contribution in [2.45, 2.75) is 46.1 Å². The van der Waals surface area contributed by atoms with Crippen LogP contribution in [0.3, 0.4) is 0 Å². The summed E-state index contributed by atoms with van der Waals surface area (Å²) in [5, 5.41) is 0. The zero-order valence-corrected chi connectivity index (χ0v) is 11.2. The second-order valence-electron chi connectivity index (χ2n) is 5.39. The smallest absolute Gasteiger partial charge is 0.0915 e. The molecule has 1 rings (SSSR count). The van der Waals surface area contributed by atoms with Crippen LogP contribution in [0.25, 0.3) is 0 Å². The van der Waals surface area contributed by atoms with Crippen molar-refractivity contribution in [2.24, 2.45) is 17.8 Å². The molecular weight excluding hydrogens is 202 g/mol. The second-order valence-corrected chi connectivity index (χ2v) is 5.39. The van der Waals surface area contributed by atoms with E-state index in [1.54, 1.807) is 7.11 Å². The molecule has 1 fully saturated rings. The van der Waals surface area contributed by atoms with Crippen molar-refractivity contribution in [3.05, 3.63) is 0 Å². The Bertz CT molecular complexity index is 185. The van der Waals surface area contributed by atoms with Crippen LogP contribution >= 0.6 is 0 Å². The summed E-state index contributed by atoms with van der Waals surface area (Å²) in [6.45, 7) is 8.24. The van der Waals surface area contributed by atoms with Gasteiger partial charge in [0, 0.05) is 13.2 Å². The average Bonchev–Trinajstić information content (AvgIpc) is 2.24. The minimum absolute atomic E-state index is 0.514. The van der Waals surface area contributed by atoms with E-state index in [4.69, 9.17) is 9.57 Å². The summed E-state index contributed by atoms with van der Waals surface area (Å²) >= 11 is 0. The van der Waals surface area contributed by atoms with Gasteiger partial charge in [0.25, 0.3) is 0 Å². The fourth-order valence-corrected chi connectivity index (χ4v) is 2.63. The summed E-state index contributed by atoms with van der Waals surface area (Å²) in [4.78, 5) is 5.47. The van der Waals surface area contributed by atoms with Crippen molar-refractivity contribution in [2.75, 3.05) is 20.3 Å². The summed E-state index contributed by atoms with van der Waals surface area (Å²) in [7, 11) is 1.70. The highest BCUT2D eigenvalue weighted by atomic mass is 16.7. The molecule has 0 aliphatic heterocycles. The predicted molar refractivity (Wildman–Crippen MR) is 66.1 cm³/mol. The van der Waals surface area contributed by atoms with Crippen LogP contribution in [-0.2, 0) is 9.57 Å². The monoisotopic (exact) mass is 229 g/mol. The molecule has 0 radical (unpaired) electrons. The Balaban J connectivity index is 2.33. The summed E-state index contributed by atoms with van der Waals surface area (Å²) in [6.07, 6.45) is 3.92. The lowest BCUT2D eigenvalue weighted by molar-refractivity contribution is -0.0408. The first-order chi connectivity index (χ1) is 7.65. The molecule has 3 heteroatoms. The molecule has 1 N–H and O–H groups in total. The maximum atomic E-state index is 5.47. The van der Waals surface area contributed by atoms with Gasteiger partial charge in [0.1, 0.15) is 0 Å². The molecule has 0 aromatic rings. The zero-order valence-electron chi connectivity index (χ0n) is 11.2. The Labute approximate surface area is 99.8 Å². The molecular formula is C13H27NO2. The van der Waals surface area contributed by atoms with Gasteiger partial charge in [0.15, 0.2) is 0 Å². The van der Waals surface area contributed by atoms with Gasteiger partial charge in [-0.2, -0.15) is 5.48 Å². The minimum Gasteiger partial charge on any atom is -0.382 e. The highest BCUT2D eigenvalue weighted by Gasteiger charge is 2.30. The molecule has 0 heterocycles. The molecule has 3 atom stereocenters. The summed E-state index contributed by atoms with van der Waals surface area (Å²) in [5.41, 5.74) is 3.24. The number of hydroxylamine groups is 1. The Hall–Kier alpha value is -0.120. The van der Waals surface area contributed by atoms with E-state index in [1.807, 2.05) is 0 Å². The maximum absolute atomic E-state index is 5.47.